The van der Waals surface area contributed by atoms with Crippen molar-refractivity contribution in [2.75, 3.05) is 13.6 Å². The largest absolute Gasteiger partial charge is 0.424 e. The number of hydrogen-bond donors (Lipinski definition) is 1. The van der Waals surface area contributed by atoms with Gasteiger partial charge in [0.15, 0.2) is 0 Å². The molecule has 1 aliphatic rings. The van der Waals surface area contributed by atoms with Gasteiger partial charge in [0, 0.05) is 12.5 Å². The van der Waals surface area contributed by atoms with Gasteiger partial charge < -0.3 is 9.52 Å². The Morgan fingerprint density at radius 3 is 2.65 bits per heavy atom. The molecule has 1 aromatic rings. The summed E-state index contributed by atoms with van der Waals surface area (Å²) in [6, 6.07) is 0. The van der Waals surface area contributed by atoms with Crippen LogP contribution in [-0.4, -0.2) is 39.9 Å². The summed E-state index contributed by atoms with van der Waals surface area (Å²) in [4.78, 5) is 2.03. The second-order valence-electron chi connectivity index (χ2n) is 5.29. The van der Waals surface area contributed by atoms with Gasteiger partial charge in [-0.15, -0.1) is 10.2 Å². The van der Waals surface area contributed by atoms with Gasteiger partial charge in [0.05, 0.1) is 12.6 Å². The maximum absolute atomic E-state index is 9.82. The second kappa shape index (κ2) is 5.14. The van der Waals surface area contributed by atoms with Gasteiger partial charge in [-0.1, -0.05) is 13.8 Å². The van der Waals surface area contributed by atoms with Crippen LogP contribution in [0.3, 0.4) is 0 Å². The van der Waals surface area contributed by atoms with Crippen molar-refractivity contribution in [1.29, 1.82) is 0 Å². The summed E-state index contributed by atoms with van der Waals surface area (Å²) in [5.74, 6) is 2.07. The van der Waals surface area contributed by atoms with Gasteiger partial charge in [-0.2, -0.15) is 0 Å². The lowest BCUT2D eigenvalue weighted by Crippen LogP contribution is -2.30. The van der Waals surface area contributed by atoms with Crippen molar-refractivity contribution >= 4 is 0 Å². The Labute approximate surface area is 102 Å². The van der Waals surface area contributed by atoms with E-state index in [1.165, 1.54) is 0 Å². The van der Waals surface area contributed by atoms with Crippen LogP contribution in [0.25, 0.3) is 0 Å². The molecule has 1 heterocycles. The van der Waals surface area contributed by atoms with Crippen LogP contribution in [0.5, 0.6) is 0 Å². The normalized spacial score (nSPS) is 18.0. The zero-order chi connectivity index (χ0) is 12.4. The highest BCUT2D eigenvalue weighted by Crippen LogP contribution is 2.32. The molecule has 0 saturated heterocycles. The first-order valence-corrected chi connectivity index (χ1v) is 6.25. The second-order valence-corrected chi connectivity index (χ2v) is 5.29. The third kappa shape index (κ3) is 3.51. The van der Waals surface area contributed by atoms with Gasteiger partial charge in [-0.25, -0.2) is 0 Å². The number of likely N-dealkylation sites (N-methyl/N-ethyl adjacent to an activating group) is 1. The standard InChI is InChI=1S/C12H21N3O2/c1-8(2)12-14-13-11(17-12)7-15(3)6-10(16)9-4-5-9/h8-10,16H,4-7H2,1-3H3/t10-/m1/s1. The number of aliphatic hydroxyl groups is 1. The zero-order valence-corrected chi connectivity index (χ0v) is 10.8. The fourth-order valence-corrected chi connectivity index (χ4v) is 1.81. The molecule has 1 aromatic heterocycles. The average Bonchev–Trinajstić information content (AvgIpc) is 2.99. The van der Waals surface area contributed by atoms with Crippen LogP contribution in [0.1, 0.15) is 44.4 Å². The molecule has 1 saturated carbocycles. The van der Waals surface area contributed by atoms with E-state index in [4.69, 9.17) is 4.42 Å². The highest BCUT2D eigenvalue weighted by molar-refractivity contribution is 4.88. The Bertz CT molecular complexity index is 360. The van der Waals surface area contributed by atoms with Crippen molar-refractivity contribution in [2.45, 2.75) is 45.3 Å². The summed E-state index contributed by atoms with van der Waals surface area (Å²) in [5, 5.41) is 17.8. The molecule has 5 heteroatoms. The van der Waals surface area contributed by atoms with Crippen LogP contribution >= 0.6 is 0 Å². The van der Waals surface area contributed by atoms with Crippen molar-refractivity contribution in [3.63, 3.8) is 0 Å². The molecule has 0 radical (unpaired) electrons. The summed E-state index contributed by atoms with van der Waals surface area (Å²) < 4.78 is 5.53. The number of aliphatic hydroxyl groups excluding tert-OH is 1. The van der Waals surface area contributed by atoms with Gasteiger partial charge in [-0.05, 0) is 25.8 Å². The molecule has 1 aliphatic carbocycles. The summed E-state index contributed by atoms with van der Waals surface area (Å²) in [5.41, 5.74) is 0. The summed E-state index contributed by atoms with van der Waals surface area (Å²) in [6.45, 7) is 5.32. The first-order chi connectivity index (χ1) is 8.06. The third-order valence-electron chi connectivity index (χ3n) is 3.05. The number of aromatic nitrogens is 2. The van der Waals surface area contributed by atoms with E-state index >= 15 is 0 Å². The molecular weight excluding hydrogens is 218 g/mol. The van der Waals surface area contributed by atoms with E-state index in [0.717, 1.165) is 12.8 Å². The van der Waals surface area contributed by atoms with E-state index in [1.54, 1.807) is 0 Å². The SMILES string of the molecule is CC(C)c1nnc(CN(C)C[C@@H](O)C2CC2)o1. The fraction of sp³-hybridized carbons (Fsp3) is 0.833. The molecule has 5 nitrogen and oxygen atoms in total. The van der Waals surface area contributed by atoms with Crippen molar-refractivity contribution in [1.82, 2.24) is 15.1 Å². The number of nitrogens with zero attached hydrogens (tertiary/aromatic N) is 3. The summed E-state index contributed by atoms with van der Waals surface area (Å²) in [6.07, 6.45) is 2.10. The lowest BCUT2D eigenvalue weighted by Gasteiger charge is -2.18. The molecule has 1 atom stereocenters. The van der Waals surface area contributed by atoms with Gasteiger partial charge in [0.2, 0.25) is 11.8 Å². The topological polar surface area (TPSA) is 62.4 Å². The van der Waals surface area contributed by atoms with Crippen LogP contribution in [-0.2, 0) is 6.54 Å². The first kappa shape index (κ1) is 12.5. The monoisotopic (exact) mass is 239 g/mol. The minimum Gasteiger partial charge on any atom is -0.424 e. The molecule has 0 aliphatic heterocycles. The van der Waals surface area contributed by atoms with Gasteiger partial charge in [0.25, 0.3) is 0 Å². The van der Waals surface area contributed by atoms with Crippen molar-refractivity contribution in [3.8, 4) is 0 Å². The van der Waals surface area contributed by atoms with Gasteiger partial charge >= 0.3 is 0 Å². The minimum absolute atomic E-state index is 0.215. The molecule has 1 fully saturated rings. The molecule has 0 bridgehead atoms. The summed E-state index contributed by atoms with van der Waals surface area (Å²) >= 11 is 0. The Morgan fingerprint density at radius 2 is 2.12 bits per heavy atom. The van der Waals surface area contributed by atoms with E-state index in [1.807, 2.05) is 25.8 Å². The fourth-order valence-electron chi connectivity index (χ4n) is 1.81. The smallest absolute Gasteiger partial charge is 0.230 e. The maximum Gasteiger partial charge on any atom is 0.230 e. The van der Waals surface area contributed by atoms with Crippen LogP contribution in [0.4, 0.5) is 0 Å². The Balaban J connectivity index is 1.82. The van der Waals surface area contributed by atoms with E-state index in [0.29, 0.717) is 30.8 Å². The lowest BCUT2D eigenvalue weighted by molar-refractivity contribution is 0.100. The quantitative estimate of drug-likeness (QED) is 0.813. The molecule has 1 N–H and O–H groups in total. The lowest BCUT2D eigenvalue weighted by atomic mass is 10.2. The van der Waals surface area contributed by atoms with E-state index in [2.05, 4.69) is 10.2 Å². The average molecular weight is 239 g/mol. The van der Waals surface area contributed by atoms with Crippen molar-refractivity contribution in [2.24, 2.45) is 5.92 Å². The maximum atomic E-state index is 9.82. The molecule has 0 spiro atoms. The summed E-state index contributed by atoms with van der Waals surface area (Å²) in [7, 11) is 1.96. The zero-order valence-electron chi connectivity index (χ0n) is 10.8. The van der Waals surface area contributed by atoms with E-state index in [9.17, 15) is 5.11 Å². The number of hydrogen-bond acceptors (Lipinski definition) is 5. The highest BCUT2D eigenvalue weighted by atomic mass is 16.4. The van der Waals surface area contributed by atoms with Crippen LogP contribution in [0, 0.1) is 5.92 Å². The van der Waals surface area contributed by atoms with Crippen molar-refractivity contribution < 1.29 is 9.52 Å². The van der Waals surface area contributed by atoms with Crippen LogP contribution in [0.15, 0.2) is 4.42 Å². The molecule has 2 rings (SSSR count). The Kier molecular flexibility index (Phi) is 3.79. The van der Waals surface area contributed by atoms with Gasteiger partial charge in [-0.3, -0.25) is 4.90 Å². The highest BCUT2D eigenvalue weighted by Gasteiger charge is 2.30. The number of rotatable bonds is 6. The molecule has 0 aromatic carbocycles. The van der Waals surface area contributed by atoms with E-state index in [-0.39, 0.29) is 12.0 Å². The molecule has 96 valence electrons. The molecule has 0 amide bonds. The van der Waals surface area contributed by atoms with E-state index < -0.39 is 0 Å². The first-order valence-electron chi connectivity index (χ1n) is 6.25. The third-order valence-corrected chi connectivity index (χ3v) is 3.05. The van der Waals surface area contributed by atoms with Crippen LogP contribution in [0.2, 0.25) is 0 Å². The predicted molar refractivity (Wildman–Crippen MR) is 63.5 cm³/mol. The Hall–Kier alpha value is -0.940. The molecule has 0 unspecified atom stereocenters. The molecule has 17 heavy (non-hydrogen) atoms. The van der Waals surface area contributed by atoms with Crippen LogP contribution < -0.4 is 0 Å². The minimum atomic E-state index is -0.215. The van der Waals surface area contributed by atoms with Gasteiger partial charge in [0.1, 0.15) is 0 Å². The predicted octanol–water partition coefficient (Wildman–Crippen LogP) is 1.40. The van der Waals surface area contributed by atoms with Crippen molar-refractivity contribution in [3.05, 3.63) is 11.8 Å². The Morgan fingerprint density at radius 1 is 1.41 bits per heavy atom. The molecular formula is C12H21N3O2.